The number of halogens is 1. The van der Waals surface area contributed by atoms with E-state index in [2.05, 4.69) is 27.8 Å². The van der Waals surface area contributed by atoms with Crippen molar-refractivity contribution < 1.29 is 9.21 Å². The van der Waals surface area contributed by atoms with Crippen LogP contribution < -0.4 is 0 Å². The first-order valence-electron chi connectivity index (χ1n) is 6.21. The summed E-state index contributed by atoms with van der Waals surface area (Å²) in [5.41, 5.74) is 2.19. The SMILES string of the molecule is CC1CCN(C(=O)c2cc3oc(Br)cc3[nH]2)CC1. The predicted molar refractivity (Wildman–Crippen MR) is 72.6 cm³/mol. The lowest BCUT2D eigenvalue weighted by atomic mass is 9.99. The number of hydrogen-bond donors (Lipinski definition) is 1. The number of piperidine rings is 1. The van der Waals surface area contributed by atoms with Crippen LogP contribution >= 0.6 is 15.9 Å². The quantitative estimate of drug-likeness (QED) is 0.877. The fraction of sp³-hybridized carbons (Fsp3) is 0.462. The lowest BCUT2D eigenvalue weighted by Crippen LogP contribution is -2.38. The van der Waals surface area contributed by atoms with E-state index in [1.165, 1.54) is 0 Å². The minimum absolute atomic E-state index is 0.0735. The lowest BCUT2D eigenvalue weighted by molar-refractivity contribution is 0.0692. The third-order valence-electron chi connectivity index (χ3n) is 3.58. The van der Waals surface area contributed by atoms with Gasteiger partial charge >= 0.3 is 0 Å². The molecular weight excluding hydrogens is 296 g/mol. The fourth-order valence-electron chi connectivity index (χ4n) is 2.39. The first-order chi connectivity index (χ1) is 8.63. The summed E-state index contributed by atoms with van der Waals surface area (Å²) in [5, 5.41) is 0. The van der Waals surface area contributed by atoms with Crippen LogP contribution in [0.3, 0.4) is 0 Å². The van der Waals surface area contributed by atoms with E-state index < -0.39 is 0 Å². The van der Waals surface area contributed by atoms with E-state index >= 15 is 0 Å². The molecule has 1 aliphatic rings. The van der Waals surface area contributed by atoms with Crippen LogP contribution in [0.15, 0.2) is 21.2 Å². The van der Waals surface area contributed by atoms with Gasteiger partial charge in [-0.05, 0) is 34.7 Å². The number of nitrogens with one attached hydrogen (secondary N) is 1. The number of H-pyrrole nitrogens is 1. The van der Waals surface area contributed by atoms with Crippen molar-refractivity contribution in [1.29, 1.82) is 0 Å². The number of aromatic nitrogens is 1. The zero-order valence-electron chi connectivity index (χ0n) is 10.2. The second kappa shape index (κ2) is 4.46. The number of amides is 1. The molecule has 0 bridgehead atoms. The predicted octanol–water partition coefficient (Wildman–Crippen LogP) is 3.40. The van der Waals surface area contributed by atoms with Gasteiger partial charge in [0.25, 0.3) is 5.91 Å². The molecule has 1 aliphatic heterocycles. The highest BCUT2D eigenvalue weighted by Gasteiger charge is 2.23. The summed E-state index contributed by atoms with van der Waals surface area (Å²) < 4.78 is 6.09. The Morgan fingerprint density at radius 2 is 2.17 bits per heavy atom. The van der Waals surface area contributed by atoms with E-state index in [4.69, 9.17) is 4.42 Å². The summed E-state index contributed by atoms with van der Waals surface area (Å²) in [7, 11) is 0. The molecule has 0 saturated carbocycles. The molecule has 0 atom stereocenters. The summed E-state index contributed by atoms with van der Waals surface area (Å²) in [6, 6.07) is 3.62. The molecule has 0 aromatic carbocycles. The number of furan rings is 1. The molecule has 3 rings (SSSR count). The Bertz CT molecular complexity index is 547. The molecule has 5 heteroatoms. The minimum atomic E-state index is 0.0735. The first-order valence-corrected chi connectivity index (χ1v) is 7.00. The maximum atomic E-state index is 12.3. The van der Waals surface area contributed by atoms with E-state index in [9.17, 15) is 4.79 Å². The Kier molecular flexibility index (Phi) is 2.93. The van der Waals surface area contributed by atoms with Gasteiger partial charge in [0.1, 0.15) is 5.69 Å². The van der Waals surface area contributed by atoms with Crippen molar-refractivity contribution in [2.24, 2.45) is 5.92 Å². The first kappa shape index (κ1) is 11.8. The van der Waals surface area contributed by atoms with Crippen molar-refractivity contribution in [3.63, 3.8) is 0 Å². The molecule has 4 nitrogen and oxygen atoms in total. The van der Waals surface area contributed by atoms with Gasteiger partial charge in [0.05, 0.1) is 5.52 Å². The van der Waals surface area contributed by atoms with Gasteiger partial charge in [0, 0.05) is 25.2 Å². The largest absolute Gasteiger partial charge is 0.448 e. The van der Waals surface area contributed by atoms with Crippen LogP contribution in [-0.2, 0) is 0 Å². The molecule has 0 unspecified atom stereocenters. The molecule has 1 fully saturated rings. The molecule has 1 saturated heterocycles. The Labute approximate surface area is 113 Å². The number of rotatable bonds is 1. The van der Waals surface area contributed by atoms with Crippen LogP contribution in [0.5, 0.6) is 0 Å². The van der Waals surface area contributed by atoms with Crippen molar-refractivity contribution in [1.82, 2.24) is 9.88 Å². The van der Waals surface area contributed by atoms with Crippen LogP contribution in [-0.4, -0.2) is 28.9 Å². The Morgan fingerprint density at radius 3 is 2.83 bits per heavy atom. The highest BCUT2D eigenvalue weighted by Crippen LogP contribution is 2.25. The van der Waals surface area contributed by atoms with Crippen LogP contribution in [0.1, 0.15) is 30.3 Å². The number of aromatic amines is 1. The van der Waals surface area contributed by atoms with Crippen molar-refractivity contribution in [2.75, 3.05) is 13.1 Å². The maximum Gasteiger partial charge on any atom is 0.270 e. The molecule has 96 valence electrons. The third-order valence-corrected chi connectivity index (χ3v) is 3.97. The second-order valence-corrected chi connectivity index (χ2v) is 5.77. The second-order valence-electron chi connectivity index (χ2n) is 4.99. The molecule has 1 amide bonds. The average Bonchev–Trinajstić information content (AvgIpc) is 2.86. The Balaban J connectivity index is 1.81. The van der Waals surface area contributed by atoms with Crippen molar-refractivity contribution in [3.05, 3.63) is 22.5 Å². The van der Waals surface area contributed by atoms with Crippen LogP contribution in [0.2, 0.25) is 0 Å². The van der Waals surface area contributed by atoms with Gasteiger partial charge in [0.2, 0.25) is 0 Å². The molecule has 2 aromatic heterocycles. The van der Waals surface area contributed by atoms with E-state index in [1.807, 2.05) is 11.0 Å². The van der Waals surface area contributed by atoms with E-state index in [0.717, 1.165) is 42.9 Å². The van der Waals surface area contributed by atoms with Gasteiger partial charge in [-0.25, -0.2) is 0 Å². The van der Waals surface area contributed by atoms with Gasteiger partial charge in [-0.3, -0.25) is 4.79 Å². The Morgan fingerprint density at radius 1 is 1.44 bits per heavy atom. The molecule has 3 heterocycles. The average molecular weight is 311 g/mol. The topological polar surface area (TPSA) is 49.2 Å². The number of carbonyl (C=O) groups is 1. The Hall–Kier alpha value is -1.23. The standard InChI is InChI=1S/C13H15BrN2O2/c1-8-2-4-16(5-3-8)13(17)10-6-11-9(15-10)7-12(14)18-11/h6-8,15H,2-5H2,1H3. The molecular formula is C13H15BrN2O2. The van der Waals surface area contributed by atoms with Crippen LogP contribution in [0.25, 0.3) is 11.1 Å². The van der Waals surface area contributed by atoms with Crippen LogP contribution in [0, 0.1) is 5.92 Å². The highest BCUT2D eigenvalue weighted by molar-refractivity contribution is 9.10. The molecule has 0 radical (unpaired) electrons. The van der Waals surface area contributed by atoms with Crippen molar-refractivity contribution in [3.8, 4) is 0 Å². The molecule has 2 aromatic rings. The number of carbonyl (C=O) groups excluding carboxylic acids is 1. The lowest BCUT2D eigenvalue weighted by Gasteiger charge is -2.29. The maximum absolute atomic E-state index is 12.3. The van der Waals surface area contributed by atoms with Gasteiger partial charge in [0.15, 0.2) is 10.3 Å². The molecule has 0 spiro atoms. The van der Waals surface area contributed by atoms with Gasteiger partial charge in [-0.1, -0.05) is 6.92 Å². The summed E-state index contributed by atoms with van der Waals surface area (Å²) in [5.74, 6) is 0.800. The van der Waals surface area contributed by atoms with Gasteiger partial charge in [-0.15, -0.1) is 0 Å². The summed E-state index contributed by atoms with van der Waals surface area (Å²) in [4.78, 5) is 17.3. The smallest absolute Gasteiger partial charge is 0.270 e. The molecule has 0 aliphatic carbocycles. The minimum Gasteiger partial charge on any atom is -0.448 e. The fourth-order valence-corrected chi connectivity index (χ4v) is 2.79. The summed E-state index contributed by atoms with van der Waals surface area (Å²) >= 11 is 3.27. The summed E-state index contributed by atoms with van der Waals surface area (Å²) in [6.45, 7) is 3.94. The zero-order chi connectivity index (χ0) is 12.7. The number of fused-ring (bicyclic) bond motifs is 1. The van der Waals surface area contributed by atoms with Crippen LogP contribution in [0.4, 0.5) is 0 Å². The van der Waals surface area contributed by atoms with E-state index in [0.29, 0.717) is 10.4 Å². The highest BCUT2D eigenvalue weighted by atomic mass is 79.9. The van der Waals surface area contributed by atoms with E-state index in [-0.39, 0.29) is 5.91 Å². The monoisotopic (exact) mass is 310 g/mol. The van der Waals surface area contributed by atoms with Gasteiger partial charge < -0.3 is 14.3 Å². The third kappa shape index (κ3) is 2.07. The van der Waals surface area contributed by atoms with E-state index in [1.54, 1.807) is 6.07 Å². The number of hydrogen-bond acceptors (Lipinski definition) is 2. The summed E-state index contributed by atoms with van der Waals surface area (Å²) in [6.07, 6.45) is 2.18. The normalized spacial score (nSPS) is 17.6. The molecule has 1 N–H and O–H groups in total. The van der Waals surface area contributed by atoms with Crippen molar-refractivity contribution in [2.45, 2.75) is 19.8 Å². The van der Waals surface area contributed by atoms with Crippen molar-refractivity contribution >= 4 is 32.9 Å². The number of likely N-dealkylation sites (tertiary alicyclic amines) is 1. The number of nitrogens with zero attached hydrogens (tertiary/aromatic N) is 1. The molecule has 18 heavy (non-hydrogen) atoms. The zero-order valence-corrected chi connectivity index (χ0v) is 11.8. The van der Waals surface area contributed by atoms with Gasteiger partial charge in [-0.2, -0.15) is 0 Å².